The Bertz CT molecular complexity index is 229. The molecule has 0 unspecified atom stereocenters. The summed E-state index contributed by atoms with van der Waals surface area (Å²) in [7, 11) is 0. The van der Waals surface area contributed by atoms with Gasteiger partial charge < -0.3 is 10.2 Å². The smallest absolute Gasteiger partial charge is 0.0573 e. The van der Waals surface area contributed by atoms with Crippen LogP contribution < -0.4 is 0 Å². The van der Waals surface area contributed by atoms with E-state index >= 15 is 0 Å². The summed E-state index contributed by atoms with van der Waals surface area (Å²) in [5.41, 5.74) is 0.291. The second kappa shape index (κ2) is 4.06. The zero-order chi connectivity index (χ0) is 11.1. The molecule has 2 N–H and O–H groups in total. The van der Waals surface area contributed by atoms with Crippen LogP contribution in [-0.4, -0.2) is 22.9 Å². The third kappa shape index (κ3) is 1.72. The van der Waals surface area contributed by atoms with Gasteiger partial charge >= 0.3 is 0 Å². The highest BCUT2D eigenvalue weighted by Crippen LogP contribution is 2.57. The molecule has 0 bridgehead atoms. The monoisotopic (exact) mass is 212 g/mol. The van der Waals surface area contributed by atoms with Gasteiger partial charge in [0.25, 0.3) is 0 Å². The lowest BCUT2D eigenvalue weighted by molar-refractivity contribution is -0.0321. The predicted octanol–water partition coefficient (Wildman–Crippen LogP) is 2.19. The molecule has 0 amide bonds. The zero-order valence-electron chi connectivity index (χ0n) is 9.95. The van der Waals surface area contributed by atoms with Crippen LogP contribution in [0.3, 0.4) is 0 Å². The van der Waals surface area contributed by atoms with Gasteiger partial charge in [0.1, 0.15) is 0 Å². The van der Waals surface area contributed by atoms with E-state index in [9.17, 15) is 10.2 Å². The van der Waals surface area contributed by atoms with Crippen molar-refractivity contribution in [2.75, 3.05) is 6.61 Å². The molecule has 15 heavy (non-hydrogen) atoms. The van der Waals surface area contributed by atoms with E-state index in [-0.39, 0.29) is 6.10 Å². The van der Waals surface area contributed by atoms with E-state index in [1.165, 1.54) is 12.8 Å². The molecule has 2 rings (SSSR count). The van der Waals surface area contributed by atoms with Gasteiger partial charge in [-0.15, -0.1) is 0 Å². The molecule has 0 aromatic heterocycles. The van der Waals surface area contributed by atoms with E-state index in [1.54, 1.807) is 0 Å². The van der Waals surface area contributed by atoms with Crippen molar-refractivity contribution in [2.24, 2.45) is 23.2 Å². The minimum absolute atomic E-state index is 0.0837. The number of aliphatic hydroxyl groups is 2. The van der Waals surface area contributed by atoms with Gasteiger partial charge in [-0.1, -0.05) is 20.3 Å². The van der Waals surface area contributed by atoms with Gasteiger partial charge in [0.05, 0.1) is 6.10 Å². The van der Waals surface area contributed by atoms with Crippen LogP contribution in [0.25, 0.3) is 0 Å². The van der Waals surface area contributed by atoms with Crippen LogP contribution in [0.4, 0.5) is 0 Å². The van der Waals surface area contributed by atoms with Crippen LogP contribution in [0.5, 0.6) is 0 Å². The van der Waals surface area contributed by atoms with Crippen molar-refractivity contribution in [1.82, 2.24) is 0 Å². The minimum atomic E-state index is -0.0837. The summed E-state index contributed by atoms with van der Waals surface area (Å²) in [5.74, 6) is 1.50. The standard InChI is InChI=1S/C13H24O2/c1-9(8-14)10-5-6-11-12(15)4-3-7-13(10,11)2/h9-12,14-15H,3-8H2,1-2H3/t9-,10+,11-,12-,13-/m1/s1. The average Bonchev–Trinajstić information content (AvgIpc) is 2.56. The molecular weight excluding hydrogens is 188 g/mol. The van der Waals surface area contributed by atoms with Crippen LogP contribution >= 0.6 is 0 Å². The van der Waals surface area contributed by atoms with E-state index in [0.717, 1.165) is 19.3 Å². The van der Waals surface area contributed by atoms with Gasteiger partial charge in [0.15, 0.2) is 0 Å². The molecule has 2 heteroatoms. The Morgan fingerprint density at radius 1 is 1.33 bits per heavy atom. The van der Waals surface area contributed by atoms with Gasteiger partial charge in [-0.05, 0) is 48.9 Å². The van der Waals surface area contributed by atoms with Crippen molar-refractivity contribution in [2.45, 2.75) is 52.1 Å². The summed E-state index contributed by atoms with van der Waals surface area (Å²) in [6.07, 6.45) is 5.65. The Kier molecular flexibility index (Phi) is 3.09. The second-order valence-corrected chi connectivity index (χ2v) is 5.92. The average molecular weight is 212 g/mol. The Labute approximate surface area is 92.7 Å². The third-order valence-electron chi connectivity index (χ3n) is 5.14. The third-order valence-corrected chi connectivity index (χ3v) is 5.14. The highest BCUT2D eigenvalue weighted by molar-refractivity contribution is 5.01. The summed E-state index contributed by atoms with van der Waals surface area (Å²) in [5, 5.41) is 19.4. The molecule has 0 spiro atoms. The molecular formula is C13H24O2. The SMILES string of the molecule is C[C@H](CO)[C@@H]1CC[C@@H]2[C@H](O)CCC[C@@]21C. The summed E-state index contributed by atoms with van der Waals surface area (Å²) in [6.45, 7) is 4.78. The molecule has 0 heterocycles. The molecule has 2 aliphatic carbocycles. The number of hydrogen-bond donors (Lipinski definition) is 2. The van der Waals surface area contributed by atoms with Crippen LogP contribution in [0.2, 0.25) is 0 Å². The van der Waals surface area contributed by atoms with Crippen molar-refractivity contribution in [1.29, 1.82) is 0 Å². The lowest BCUT2D eigenvalue weighted by Gasteiger charge is -2.45. The first kappa shape index (κ1) is 11.4. The van der Waals surface area contributed by atoms with Crippen molar-refractivity contribution in [3.8, 4) is 0 Å². The lowest BCUT2D eigenvalue weighted by atomic mass is 9.62. The summed E-state index contributed by atoms with van der Waals surface area (Å²) in [4.78, 5) is 0. The first-order valence-corrected chi connectivity index (χ1v) is 6.38. The van der Waals surface area contributed by atoms with Crippen LogP contribution in [0.15, 0.2) is 0 Å². The molecule has 2 saturated carbocycles. The fourth-order valence-electron chi connectivity index (χ4n) is 4.25. The van der Waals surface area contributed by atoms with E-state index < -0.39 is 0 Å². The topological polar surface area (TPSA) is 40.5 Å². The van der Waals surface area contributed by atoms with E-state index in [4.69, 9.17) is 0 Å². The molecule has 2 aliphatic rings. The Balaban J connectivity index is 2.17. The fourth-order valence-corrected chi connectivity index (χ4v) is 4.25. The predicted molar refractivity (Wildman–Crippen MR) is 60.4 cm³/mol. The van der Waals surface area contributed by atoms with E-state index in [0.29, 0.717) is 29.8 Å². The van der Waals surface area contributed by atoms with Crippen LogP contribution in [0, 0.1) is 23.2 Å². The summed E-state index contributed by atoms with van der Waals surface area (Å²) >= 11 is 0. The maximum Gasteiger partial charge on any atom is 0.0573 e. The maximum absolute atomic E-state index is 10.1. The molecule has 0 aromatic carbocycles. The summed E-state index contributed by atoms with van der Waals surface area (Å²) in [6, 6.07) is 0. The number of fused-ring (bicyclic) bond motifs is 1. The molecule has 0 saturated heterocycles. The minimum Gasteiger partial charge on any atom is -0.396 e. The normalized spacial score (nSPS) is 47.6. The van der Waals surface area contributed by atoms with Crippen molar-refractivity contribution < 1.29 is 10.2 Å². The molecule has 2 fully saturated rings. The summed E-state index contributed by atoms with van der Waals surface area (Å²) < 4.78 is 0. The molecule has 0 aromatic rings. The number of aliphatic hydroxyl groups excluding tert-OH is 2. The van der Waals surface area contributed by atoms with Crippen LogP contribution in [0.1, 0.15) is 46.0 Å². The quantitative estimate of drug-likeness (QED) is 0.736. The van der Waals surface area contributed by atoms with Gasteiger partial charge in [-0.2, -0.15) is 0 Å². The molecule has 0 radical (unpaired) electrons. The first-order chi connectivity index (χ1) is 7.09. The van der Waals surface area contributed by atoms with Crippen molar-refractivity contribution in [3.05, 3.63) is 0 Å². The maximum atomic E-state index is 10.1. The highest BCUT2D eigenvalue weighted by Gasteiger charge is 2.51. The van der Waals surface area contributed by atoms with Gasteiger partial charge in [0, 0.05) is 6.61 Å². The fraction of sp³-hybridized carbons (Fsp3) is 1.00. The molecule has 88 valence electrons. The first-order valence-electron chi connectivity index (χ1n) is 6.38. The zero-order valence-corrected chi connectivity index (χ0v) is 9.95. The molecule has 5 atom stereocenters. The largest absolute Gasteiger partial charge is 0.396 e. The van der Waals surface area contributed by atoms with Gasteiger partial charge in [0.2, 0.25) is 0 Å². The Morgan fingerprint density at radius 2 is 2.07 bits per heavy atom. The molecule has 0 aliphatic heterocycles. The molecule has 2 nitrogen and oxygen atoms in total. The van der Waals surface area contributed by atoms with Crippen molar-refractivity contribution >= 4 is 0 Å². The lowest BCUT2D eigenvalue weighted by Crippen LogP contribution is -2.41. The number of hydrogen-bond acceptors (Lipinski definition) is 2. The van der Waals surface area contributed by atoms with E-state index in [1.807, 2.05) is 0 Å². The highest BCUT2D eigenvalue weighted by atomic mass is 16.3. The number of rotatable bonds is 2. The van der Waals surface area contributed by atoms with Gasteiger partial charge in [-0.3, -0.25) is 0 Å². The Morgan fingerprint density at radius 3 is 2.73 bits per heavy atom. The second-order valence-electron chi connectivity index (χ2n) is 5.92. The van der Waals surface area contributed by atoms with Gasteiger partial charge in [-0.25, -0.2) is 0 Å². The van der Waals surface area contributed by atoms with Crippen LogP contribution in [-0.2, 0) is 0 Å². The Hall–Kier alpha value is -0.0800. The van der Waals surface area contributed by atoms with E-state index in [2.05, 4.69) is 13.8 Å². The van der Waals surface area contributed by atoms with Crippen molar-refractivity contribution in [3.63, 3.8) is 0 Å².